The number of aromatic nitrogens is 2. The van der Waals surface area contributed by atoms with Gasteiger partial charge in [-0.2, -0.15) is 0 Å². The number of nitrogens with zero attached hydrogens (tertiary/aromatic N) is 2. The van der Waals surface area contributed by atoms with E-state index in [1.165, 1.54) is 5.56 Å². The third-order valence-corrected chi connectivity index (χ3v) is 3.72. The largest absolute Gasteiger partial charge is 0.383 e. The summed E-state index contributed by atoms with van der Waals surface area (Å²) >= 11 is 1.66. The lowest BCUT2D eigenvalue weighted by atomic mass is 10.2. The molecule has 0 aromatic carbocycles. The molecule has 86 valence electrons. The fraction of sp³-hybridized carbons (Fsp3) is 0.154. The maximum absolute atomic E-state index is 6.19. The van der Waals surface area contributed by atoms with Crippen molar-refractivity contribution in [2.75, 3.05) is 5.73 Å². The van der Waals surface area contributed by atoms with Gasteiger partial charge in [-0.1, -0.05) is 6.07 Å². The Kier molecular flexibility index (Phi) is 2.19. The van der Waals surface area contributed by atoms with Gasteiger partial charge in [0.25, 0.3) is 0 Å². The number of pyridine rings is 1. The highest BCUT2D eigenvalue weighted by Gasteiger charge is 2.13. The number of aryl methyl sites for hydroxylation is 2. The zero-order chi connectivity index (χ0) is 12.0. The van der Waals surface area contributed by atoms with Crippen molar-refractivity contribution in [3.8, 4) is 10.6 Å². The van der Waals surface area contributed by atoms with Crippen molar-refractivity contribution in [2.24, 2.45) is 0 Å². The predicted molar refractivity (Wildman–Crippen MR) is 72.4 cm³/mol. The molecule has 0 atom stereocenters. The van der Waals surface area contributed by atoms with E-state index in [9.17, 15) is 0 Å². The van der Waals surface area contributed by atoms with Gasteiger partial charge in [-0.05, 0) is 43.0 Å². The number of hydrogen-bond acceptors (Lipinski definition) is 3. The maximum Gasteiger partial charge on any atom is 0.139 e. The third kappa shape index (κ3) is 1.52. The molecule has 0 fully saturated rings. The molecule has 0 aliphatic carbocycles. The average Bonchev–Trinajstić information content (AvgIpc) is 2.85. The molecule has 0 radical (unpaired) electrons. The van der Waals surface area contributed by atoms with Crippen LogP contribution in [0.25, 0.3) is 16.2 Å². The van der Waals surface area contributed by atoms with Crippen LogP contribution in [-0.2, 0) is 0 Å². The smallest absolute Gasteiger partial charge is 0.139 e. The summed E-state index contributed by atoms with van der Waals surface area (Å²) in [5, 5.41) is 2.04. The summed E-state index contributed by atoms with van der Waals surface area (Å²) in [6.07, 6.45) is 0. The van der Waals surface area contributed by atoms with Crippen LogP contribution in [0.4, 0.5) is 5.82 Å². The van der Waals surface area contributed by atoms with E-state index in [4.69, 9.17) is 5.73 Å². The van der Waals surface area contributed by atoms with Crippen LogP contribution in [-0.4, -0.2) is 9.38 Å². The van der Waals surface area contributed by atoms with E-state index in [1.54, 1.807) is 11.3 Å². The summed E-state index contributed by atoms with van der Waals surface area (Å²) in [5.41, 5.74) is 10.3. The van der Waals surface area contributed by atoms with Gasteiger partial charge >= 0.3 is 0 Å². The van der Waals surface area contributed by atoms with Crippen LogP contribution in [0, 0.1) is 13.8 Å². The minimum atomic E-state index is 0.722. The van der Waals surface area contributed by atoms with Gasteiger partial charge in [0.05, 0.1) is 4.88 Å². The highest BCUT2D eigenvalue weighted by Crippen LogP contribution is 2.30. The zero-order valence-electron chi connectivity index (χ0n) is 9.77. The van der Waals surface area contributed by atoms with Gasteiger partial charge in [-0.15, -0.1) is 11.3 Å². The summed E-state index contributed by atoms with van der Waals surface area (Å²) in [6.45, 7) is 4.12. The first-order chi connectivity index (χ1) is 8.16. The number of anilines is 1. The van der Waals surface area contributed by atoms with Crippen molar-refractivity contribution in [2.45, 2.75) is 13.8 Å². The molecule has 2 N–H and O–H groups in total. The highest BCUT2D eigenvalue weighted by atomic mass is 32.1. The summed E-state index contributed by atoms with van der Waals surface area (Å²) in [4.78, 5) is 5.74. The van der Waals surface area contributed by atoms with Crippen LogP contribution >= 0.6 is 11.3 Å². The summed E-state index contributed by atoms with van der Waals surface area (Å²) in [7, 11) is 0. The lowest BCUT2D eigenvalue weighted by molar-refractivity contribution is 1.09. The van der Waals surface area contributed by atoms with E-state index in [0.29, 0.717) is 0 Å². The molecule has 3 aromatic rings. The SMILES string of the molecule is Cc1cc(C)n2c(N)c(-c3cccs3)nc2c1. The quantitative estimate of drug-likeness (QED) is 0.713. The number of thiophene rings is 1. The molecule has 3 aromatic heterocycles. The Morgan fingerprint density at radius 1 is 1.29 bits per heavy atom. The molecular formula is C13H13N3S. The first kappa shape index (κ1) is 10.4. The van der Waals surface area contributed by atoms with Crippen LogP contribution in [0.1, 0.15) is 11.3 Å². The molecule has 0 unspecified atom stereocenters. The Morgan fingerprint density at radius 3 is 2.82 bits per heavy atom. The molecule has 0 saturated carbocycles. The van der Waals surface area contributed by atoms with Gasteiger partial charge in [0.15, 0.2) is 0 Å². The molecule has 4 heteroatoms. The van der Waals surface area contributed by atoms with Crippen molar-refractivity contribution >= 4 is 22.8 Å². The van der Waals surface area contributed by atoms with Crippen LogP contribution in [0.15, 0.2) is 29.6 Å². The molecule has 17 heavy (non-hydrogen) atoms. The lowest BCUT2D eigenvalue weighted by Gasteiger charge is -2.03. The second-order valence-electron chi connectivity index (χ2n) is 4.19. The Hall–Kier alpha value is -1.81. The molecule has 0 bridgehead atoms. The molecule has 3 rings (SSSR count). The lowest BCUT2D eigenvalue weighted by Crippen LogP contribution is -1.98. The Labute approximate surface area is 104 Å². The van der Waals surface area contributed by atoms with Crippen molar-refractivity contribution in [1.29, 1.82) is 0 Å². The standard InChI is InChI=1S/C13H13N3S/c1-8-6-9(2)16-11(7-8)15-12(13(16)14)10-4-3-5-17-10/h3-7H,14H2,1-2H3. The van der Waals surface area contributed by atoms with Gasteiger partial charge in [-0.3, -0.25) is 4.40 Å². The highest BCUT2D eigenvalue weighted by molar-refractivity contribution is 7.13. The van der Waals surface area contributed by atoms with Crippen LogP contribution in [0.5, 0.6) is 0 Å². The summed E-state index contributed by atoms with van der Waals surface area (Å²) in [5.74, 6) is 0.722. The van der Waals surface area contributed by atoms with Gasteiger partial charge in [-0.25, -0.2) is 4.98 Å². The molecule has 0 spiro atoms. The van der Waals surface area contributed by atoms with Crippen molar-refractivity contribution < 1.29 is 0 Å². The monoisotopic (exact) mass is 243 g/mol. The molecule has 0 amide bonds. The number of nitrogen functional groups attached to an aromatic ring is 1. The Balaban J connectivity index is 2.36. The van der Waals surface area contributed by atoms with E-state index in [2.05, 4.69) is 31.0 Å². The van der Waals surface area contributed by atoms with E-state index in [-0.39, 0.29) is 0 Å². The topological polar surface area (TPSA) is 43.3 Å². The molecule has 0 aliphatic heterocycles. The number of imidazole rings is 1. The second kappa shape index (κ2) is 3.60. The number of hydrogen-bond donors (Lipinski definition) is 1. The normalized spacial score (nSPS) is 11.2. The molecule has 0 aliphatic rings. The van der Waals surface area contributed by atoms with Gasteiger partial charge in [0, 0.05) is 5.69 Å². The van der Waals surface area contributed by atoms with Crippen LogP contribution in [0.2, 0.25) is 0 Å². The minimum absolute atomic E-state index is 0.722. The van der Waals surface area contributed by atoms with Crippen molar-refractivity contribution in [1.82, 2.24) is 9.38 Å². The zero-order valence-corrected chi connectivity index (χ0v) is 10.6. The van der Waals surface area contributed by atoms with Gasteiger partial charge in [0.2, 0.25) is 0 Å². The van der Waals surface area contributed by atoms with Crippen LogP contribution < -0.4 is 5.73 Å². The number of nitrogens with two attached hydrogens (primary N) is 1. The van der Waals surface area contributed by atoms with Gasteiger partial charge < -0.3 is 5.73 Å². The Bertz CT molecular complexity index is 680. The maximum atomic E-state index is 6.19. The summed E-state index contributed by atoms with van der Waals surface area (Å²) < 4.78 is 2.00. The first-order valence-corrected chi connectivity index (χ1v) is 6.34. The van der Waals surface area contributed by atoms with Crippen molar-refractivity contribution in [3.05, 3.63) is 40.9 Å². The van der Waals surface area contributed by atoms with E-state index in [0.717, 1.165) is 27.7 Å². The fourth-order valence-electron chi connectivity index (χ4n) is 2.15. The predicted octanol–water partition coefficient (Wildman–Crippen LogP) is 3.26. The van der Waals surface area contributed by atoms with Crippen molar-refractivity contribution in [3.63, 3.8) is 0 Å². The van der Waals surface area contributed by atoms with E-state index < -0.39 is 0 Å². The van der Waals surface area contributed by atoms with Gasteiger partial charge in [0.1, 0.15) is 17.2 Å². The second-order valence-corrected chi connectivity index (χ2v) is 5.14. The number of fused-ring (bicyclic) bond motifs is 1. The third-order valence-electron chi connectivity index (χ3n) is 2.84. The van der Waals surface area contributed by atoms with Crippen LogP contribution in [0.3, 0.4) is 0 Å². The fourth-order valence-corrected chi connectivity index (χ4v) is 2.88. The molecule has 3 nitrogen and oxygen atoms in total. The van der Waals surface area contributed by atoms with E-state index in [1.807, 2.05) is 21.9 Å². The first-order valence-electron chi connectivity index (χ1n) is 5.46. The molecular weight excluding hydrogens is 230 g/mol. The van der Waals surface area contributed by atoms with E-state index >= 15 is 0 Å². The minimum Gasteiger partial charge on any atom is -0.383 e. The number of rotatable bonds is 1. The Morgan fingerprint density at radius 2 is 2.12 bits per heavy atom. The molecule has 3 heterocycles. The average molecular weight is 243 g/mol. The summed E-state index contributed by atoms with van der Waals surface area (Å²) in [6, 6.07) is 8.23. The molecule has 0 saturated heterocycles.